The quantitative estimate of drug-likeness (QED) is 0.168. The molecule has 38 heavy (non-hydrogen) atoms. The lowest BCUT2D eigenvalue weighted by atomic mass is 11.8. The van der Waals surface area contributed by atoms with Crippen LogP contribution in [0.2, 0.25) is 144 Å². The molecule has 16 heteroatoms. The van der Waals surface area contributed by atoms with Crippen LogP contribution in [0.4, 0.5) is 0 Å². The van der Waals surface area contributed by atoms with Gasteiger partial charge < -0.3 is 28.8 Å². The molecule has 0 fully saturated rings. The van der Waals surface area contributed by atoms with Gasteiger partial charge in [-0.2, -0.15) is 0 Å². The van der Waals surface area contributed by atoms with Gasteiger partial charge in [0.2, 0.25) is 0 Å². The van der Waals surface area contributed by atoms with Crippen LogP contribution in [0.5, 0.6) is 0 Å². The van der Waals surface area contributed by atoms with Gasteiger partial charge in [-0.25, -0.2) is 0 Å². The molecule has 0 N–H and O–H groups in total. The normalized spacial score (nSPS) is 15.3. The maximum atomic E-state index is 6.39. The summed E-state index contributed by atoms with van der Waals surface area (Å²) in [5.41, 5.74) is 0. The molecule has 0 rings (SSSR count). The third-order valence-electron chi connectivity index (χ3n) is 3.68. The maximum absolute atomic E-state index is 6.39. The first kappa shape index (κ1) is 41.8. The van der Waals surface area contributed by atoms with Gasteiger partial charge in [0.1, 0.15) is 0 Å². The topological polar surface area (TPSA) is 64.6 Å². The zero-order chi connectivity index (χ0) is 31.4. The molecule has 0 aliphatic rings. The average molecular weight is 696 g/mol. The number of hydrogen-bond donors (Lipinski definition) is 0. The highest BCUT2D eigenvalue weighted by molar-refractivity contribution is 6.91. The standard InChI is InChI=1S/C12H36O4Si5.C10H30O3Si4/c1-17(2,3)13-19(7,8)15-21(11,12)16-20(9,10)14-18(4,5)6;1-14(2,3)11-16(7,8)13-17(9,10)12-15(4,5)6/h1-12H3;1-10H3. The van der Waals surface area contributed by atoms with Crippen molar-refractivity contribution < 1.29 is 28.8 Å². The Hall–Kier alpha value is 1.67. The van der Waals surface area contributed by atoms with E-state index in [2.05, 4.69) is 144 Å². The molecule has 0 amide bonds. The van der Waals surface area contributed by atoms with Crippen LogP contribution in [0.25, 0.3) is 0 Å². The molecule has 0 spiro atoms. The van der Waals surface area contributed by atoms with Crippen molar-refractivity contribution in [1.82, 2.24) is 0 Å². The Bertz CT molecular complexity index is 661. The summed E-state index contributed by atoms with van der Waals surface area (Å²) in [5.74, 6) is 0. The van der Waals surface area contributed by atoms with Gasteiger partial charge in [0.25, 0.3) is 0 Å². The van der Waals surface area contributed by atoms with Crippen LogP contribution >= 0.6 is 0 Å². The molecule has 0 aliphatic carbocycles. The van der Waals surface area contributed by atoms with Crippen LogP contribution in [0.1, 0.15) is 0 Å². The second-order valence-electron chi connectivity index (χ2n) is 16.2. The molecule has 0 bridgehead atoms. The van der Waals surface area contributed by atoms with Gasteiger partial charge in [0.15, 0.2) is 33.3 Å². The van der Waals surface area contributed by atoms with E-state index < -0.39 is 76.1 Å². The van der Waals surface area contributed by atoms with Gasteiger partial charge in [0.05, 0.1) is 0 Å². The summed E-state index contributed by atoms with van der Waals surface area (Å²) in [7, 11) is -16.9. The molecule has 0 heterocycles. The Labute approximate surface area is 247 Å². The minimum atomic E-state index is -2.26. The molecule has 0 aromatic carbocycles. The van der Waals surface area contributed by atoms with Crippen molar-refractivity contribution >= 4 is 76.1 Å². The fourth-order valence-corrected chi connectivity index (χ4v) is 45.3. The Balaban J connectivity index is 0. The van der Waals surface area contributed by atoms with Crippen molar-refractivity contribution in [3.63, 3.8) is 0 Å². The Morgan fingerprint density at radius 2 is 0.289 bits per heavy atom. The summed E-state index contributed by atoms with van der Waals surface area (Å²) in [6.07, 6.45) is 0. The van der Waals surface area contributed by atoms with E-state index in [1.807, 2.05) is 0 Å². The third-order valence-corrected chi connectivity index (χ3v) is 33.1. The highest BCUT2D eigenvalue weighted by Crippen LogP contribution is 2.26. The Morgan fingerprint density at radius 1 is 0.184 bits per heavy atom. The first-order chi connectivity index (χ1) is 15.9. The summed E-state index contributed by atoms with van der Waals surface area (Å²) >= 11 is 0. The van der Waals surface area contributed by atoms with E-state index in [1.165, 1.54) is 0 Å². The van der Waals surface area contributed by atoms with E-state index >= 15 is 0 Å². The summed E-state index contributed by atoms with van der Waals surface area (Å²) in [6, 6.07) is 0. The lowest BCUT2D eigenvalue weighted by molar-refractivity contribution is 0.299. The van der Waals surface area contributed by atoms with Crippen molar-refractivity contribution in [2.75, 3.05) is 0 Å². The van der Waals surface area contributed by atoms with Gasteiger partial charge in [-0.15, -0.1) is 0 Å². The van der Waals surface area contributed by atoms with Gasteiger partial charge in [-0.05, 0) is 144 Å². The smallest absolute Gasteiger partial charge is 0.314 e. The van der Waals surface area contributed by atoms with E-state index in [-0.39, 0.29) is 0 Å². The molecule has 232 valence electrons. The van der Waals surface area contributed by atoms with E-state index in [9.17, 15) is 0 Å². The molecular weight excluding hydrogens is 629 g/mol. The first-order valence-electron chi connectivity index (χ1n) is 13.9. The molecular formula is C22H66O7Si9. The minimum Gasteiger partial charge on any atom is -0.437 e. The van der Waals surface area contributed by atoms with Gasteiger partial charge in [0, 0.05) is 0 Å². The number of rotatable bonds is 14. The van der Waals surface area contributed by atoms with Crippen molar-refractivity contribution in [2.45, 2.75) is 144 Å². The molecule has 0 aromatic heterocycles. The van der Waals surface area contributed by atoms with E-state index in [4.69, 9.17) is 28.8 Å². The monoisotopic (exact) mass is 694 g/mol. The molecule has 0 saturated carbocycles. The molecule has 0 saturated heterocycles. The van der Waals surface area contributed by atoms with Crippen molar-refractivity contribution in [2.24, 2.45) is 0 Å². The predicted octanol–water partition coefficient (Wildman–Crippen LogP) is 8.94. The van der Waals surface area contributed by atoms with E-state index in [0.29, 0.717) is 0 Å². The predicted molar refractivity (Wildman–Crippen MR) is 188 cm³/mol. The summed E-state index contributed by atoms with van der Waals surface area (Å²) < 4.78 is 44.0. The second kappa shape index (κ2) is 14.0. The molecule has 0 aliphatic heterocycles. The third kappa shape index (κ3) is 26.6. The van der Waals surface area contributed by atoms with Crippen LogP contribution in [-0.4, -0.2) is 76.1 Å². The van der Waals surface area contributed by atoms with Crippen molar-refractivity contribution in [3.05, 3.63) is 0 Å². The lowest BCUT2D eigenvalue weighted by Gasteiger charge is -2.41. The van der Waals surface area contributed by atoms with Crippen molar-refractivity contribution in [1.29, 1.82) is 0 Å². The highest BCUT2D eigenvalue weighted by Gasteiger charge is 2.44. The Morgan fingerprint density at radius 3 is 0.395 bits per heavy atom. The summed E-state index contributed by atoms with van der Waals surface area (Å²) in [5, 5.41) is 0. The molecule has 0 aromatic rings. The molecule has 7 nitrogen and oxygen atoms in total. The largest absolute Gasteiger partial charge is 0.437 e. The fraction of sp³-hybridized carbons (Fsp3) is 1.00. The summed E-state index contributed by atoms with van der Waals surface area (Å²) in [4.78, 5) is 0. The first-order valence-corrected chi connectivity index (χ1v) is 41.6. The van der Waals surface area contributed by atoms with Crippen molar-refractivity contribution in [3.8, 4) is 0 Å². The SMILES string of the molecule is C[Si](C)(C)O[Si](C)(C)O[Si](C)(C)O[Si](C)(C)C.C[Si](C)(C)O[Si](C)(C)O[Si](C)(C)O[Si](C)(C)O[Si](C)(C)C. The zero-order valence-corrected chi connectivity index (χ0v) is 38.4. The van der Waals surface area contributed by atoms with Gasteiger partial charge >= 0.3 is 42.8 Å². The van der Waals surface area contributed by atoms with Crippen LogP contribution in [-0.2, 0) is 28.8 Å². The highest BCUT2D eigenvalue weighted by atomic mass is 28.5. The van der Waals surface area contributed by atoms with Gasteiger partial charge in [-0.1, -0.05) is 0 Å². The maximum Gasteiger partial charge on any atom is 0.314 e. The fourth-order valence-electron chi connectivity index (χ4n) is 4.83. The second-order valence-corrected chi connectivity index (χ2v) is 52.8. The van der Waals surface area contributed by atoms with Crippen LogP contribution < -0.4 is 0 Å². The lowest BCUT2D eigenvalue weighted by Crippen LogP contribution is -2.58. The molecule has 0 radical (unpaired) electrons. The van der Waals surface area contributed by atoms with Gasteiger partial charge in [-0.3, -0.25) is 0 Å². The molecule has 0 unspecified atom stereocenters. The van der Waals surface area contributed by atoms with E-state index in [1.54, 1.807) is 0 Å². The minimum absolute atomic E-state index is 1.54. The summed E-state index contributed by atoms with van der Waals surface area (Å²) in [6.45, 7) is 47.7. The van der Waals surface area contributed by atoms with Crippen LogP contribution in [0, 0.1) is 0 Å². The Kier molecular flexibility index (Phi) is 15.4. The zero-order valence-electron chi connectivity index (χ0n) is 29.4. The van der Waals surface area contributed by atoms with E-state index in [0.717, 1.165) is 0 Å². The van der Waals surface area contributed by atoms with Crippen LogP contribution in [0.3, 0.4) is 0 Å². The average Bonchev–Trinajstić information content (AvgIpc) is 2.29. The molecule has 0 atom stereocenters. The van der Waals surface area contributed by atoms with Crippen LogP contribution in [0.15, 0.2) is 0 Å². The number of hydrogen-bond acceptors (Lipinski definition) is 7.